The molecule has 2 heterocycles. The molecule has 3 aliphatic rings. The van der Waals surface area contributed by atoms with Gasteiger partial charge >= 0.3 is 0 Å². The second kappa shape index (κ2) is 6.96. The molecule has 2 unspecified atom stereocenters. The molecule has 2 aliphatic heterocycles. The van der Waals surface area contributed by atoms with Crippen LogP contribution in [0.1, 0.15) is 58.6 Å². The molecule has 1 aliphatic carbocycles. The van der Waals surface area contributed by atoms with E-state index in [0.29, 0.717) is 37.1 Å². The average Bonchev–Trinajstić information content (AvgIpc) is 3.37. The van der Waals surface area contributed by atoms with Crippen LogP contribution in [0.4, 0.5) is 4.39 Å². The van der Waals surface area contributed by atoms with Gasteiger partial charge in [-0.3, -0.25) is 19.9 Å². The molecular weight excluding hydrogens is 387 g/mol. The molecule has 1 aromatic rings. The van der Waals surface area contributed by atoms with E-state index >= 15 is 0 Å². The minimum atomic E-state index is -0.473. The number of guanidine groups is 1. The van der Waals surface area contributed by atoms with Crippen molar-refractivity contribution in [2.24, 2.45) is 11.8 Å². The quantitative estimate of drug-likeness (QED) is 0.703. The summed E-state index contributed by atoms with van der Waals surface area (Å²) in [7, 11) is 0. The molecule has 2 amide bonds. The molecule has 162 valence electrons. The first-order valence-corrected chi connectivity index (χ1v) is 10.4. The van der Waals surface area contributed by atoms with Gasteiger partial charge in [0, 0.05) is 36.4 Å². The highest BCUT2D eigenvalue weighted by Gasteiger charge is 2.47. The molecule has 4 rings (SSSR count). The maximum absolute atomic E-state index is 13.8. The first-order valence-electron chi connectivity index (χ1n) is 10.4. The predicted octanol–water partition coefficient (Wildman–Crippen LogP) is 2.72. The Morgan fingerprint density at radius 3 is 2.80 bits per heavy atom. The molecule has 1 aromatic carbocycles. The molecule has 0 radical (unpaired) electrons. The van der Waals surface area contributed by atoms with Crippen LogP contribution in [-0.4, -0.2) is 40.4 Å². The zero-order chi connectivity index (χ0) is 21.8. The second-order valence-corrected chi connectivity index (χ2v) is 9.95. The van der Waals surface area contributed by atoms with Gasteiger partial charge < -0.3 is 15.4 Å². The van der Waals surface area contributed by atoms with Crippen molar-refractivity contribution in [3.63, 3.8) is 0 Å². The van der Waals surface area contributed by atoms with E-state index in [1.54, 1.807) is 6.07 Å². The molecule has 1 saturated heterocycles. The highest BCUT2D eigenvalue weighted by Crippen LogP contribution is 2.43. The van der Waals surface area contributed by atoms with E-state index in [1.807, 2.05) is 27.7 Å². The van der Waals surface area contributed by atoms with Crippen LogP contribution in [0.15, 0.2) is 18.2 Å². The Bertz CT molecular complexity index is 894. The van der Waals surface area contributed by atoms with Gasteiger partial charge in [-0.25, -0.2) is 4.39 Å². The Labute approximate surface area is 175 Å². The van der Waals surface area contributed by atoms with E-state index < -0.39 is 11.1 Å². The van der Waals surface area contributed by atoms with Gasteiger partial charge in [-0.1, -0.05) is 0 Å². The van der Waals surface area contributed by atoms with E-state index in [0.717, 1.165) is 0 Å². The van der Waals surface area contributed by atoms with Crippen molar-refractivity contribution < 1.29 is 18.7 Å². The molecule has 2 fully saturated rings. The molecule has 0 aromatic heterocycles. The summed E-state index contributed by atoms with van der Waals surface area (Å²) in [5, 5.41) is 14.2. The van der Waals surface area contributed by atoms with Crippen molar-refractivity contribution in [2.45, 2.75) is 64.1 Å². The summed E-state index contributed by atoms with van der Waals surface area (Å²) < 4.78 is 19.7. The van der Waals surface area contributed by atoms with Crippen molar-refractivity contribution in [3.05, 3.63) is 29.6 Å². The molecular formula is C22H29FN4O3. The first kappa shape index (κ1) is 20.6. The molecule has 8 heteroatoms. The van der Waals surface area contributed by atoms with Gasteiger partial charge in [0.15, 0.2) is 5.96 Å². The minimum Gasteiger partial charge on any atom is -0.487 e. The smallest absolute Gasteiger partial charge is 0.231 e. The zero-order valence-electron chi connectivity index (χ0n) is 17.8. The number of fused-ring (bicyclic) bond motifs is 1. The monoisotopic (exact) mass is 416 g/mol. The summed E-state index contributed by atoms with van der Waals surface area (Å²) in [4.78, 5) is 26.7. The summed E-state index contributed by atoms with van der Waals surface area (Å²) in [6.45, 7) is 8.03. The predicted molar refractivity (Wildman–Crippen MR) is 109 cm³/mol. The second-order valence-electron chi connectivity index (χ2n) is 9.95. The SMILES string of the molecule is CC1(C)CC(=O)N(CC2C[C@H]2C(=O)NC2CC(C)(C)Oc3ccc(F)cc32)C(=N)N1. The Balaban J connectivity index is 1.40. The van der Waals surface area contributed by atoms with Crippen molar-refractivity contribution in [1.29, 1.82) is 5.41 Å². The third-order valence-corrected chi connectivity index (χ3v) is 6.04. The number of rotatable bonds is 4. The lowest BCUT2D eigenvalue weighted by Gasteiger charge is -2.38. The Hall–Kier alpha value is -2.64. The van der Waals surface area contributed by atoms with Crippen LogP contribution in [-0.2, 0) is 9.59 Å². The molecule has 3 N–H and O–H groups in total. The molecule has 7 nitrogen and oxygen atoms in total. The summed E-state index contributed by atoms with van der Waals surface area (Å²) in [6.07, 6.45) is 1.54. The molecule has 0 spiro atoms. The van der Waals surface area contributed by atoms with E-state index in [2.05, 4.69) is 10.6 Å². The maximum Gasteiger partial charge on any atom is 0.231 e. The number of carbonyl (C=O) groups excluding carboxylic acids is 2. The Morgan fingerprint density at radius 2 is 2.10 bits per heavy atom. The Morgan fingerprint density at radius 1 is 1.37 bits per heavy atom. The fraction of sp³-hybridized carbons (Fsp3) is 0.591. The van der Waals surface area contributed by atoms with Crippen LogP contribution in [0, 0.1) is 23.1 Å². The van der Waals surface area contributed by atoms with Gasteiger partial charge in [0.25, 0.3) is 0 Å². The number of nitrogens with one attached hydrogen (secondary N) is 3. The maximum atomic E-state index is 13.8. The van der Waals surface area contributed by atoms with Gasteiger partial charge in [0.1, 0.15) is 17.2 Å². The summed E-state index contributed by atoms with van der Waals surface area (Å²) >= 11 is 0. The van der Waals surface area contributed by atoms with E-state index in [1.165, 1.54) is 17.0 Å². The number of ether oxygens (including phenoxy) is 1. The van der Waals surface area contributed by atoms with Crippen LogP contribution in [0.2, 0.25) is 0 Å². The lowest BCUT2D eigenvalue weighted by molar-refractivity contribution is -0.131. The van der Waals surface area contributed by atoms with Crippen LogP contribution in [0.3, 0.4) is 0 Å². The fourth-order valence-electron chi connectivity index (χ4n) is 4.46. The number of carbonyl (C=O) groups is 2. The standard InChI is InChI=1S/C22H29FN4O3/c1-21(2)10-18(28)27(20(24)26-21)11-12-7-14(12)19(29)25-16-9-22(3,4)30-17-6-5-13(23)8-15(16)17/h5-6,8,12,14,16H,7,9-11H2,1-4H3,(H2,24,26)(H,25,29)/t12?,14-,16?/m1/s1. The molecule has 3 atom stereocenters. The van der Waals surface area contributed by atoms with Crippen molar-refractivity contribution in [1.82, 2.24) is 15.5 Å². The lowest BCUT2D eigenvalue weighted by atomic mass is 9.89. The molecule has 1 saturated carbocycles. The van der Waals surface area contributed by atoms with Gasteiger partial charge in [-0.15, -0.1) is 0 Å². The fourth-order valence-corrected chi connectivity index (χ4v) is 4.46. The minimum absolute atomic E-state index is 0.0251. The van der Waals surface area contributed by atoms with E-state index in [9.17, 15) is 14.0 Å². The Kier molecular flexibility index (Phi) is 4.78. The number of halogens is 1. The van der Waals surface area contributed by atoms with Crippen LogP contribution < -0.4 is 15.4 Å². The average molecular weight is 416 g/mol. The molecule has 0 bridgehead atoms. The summed E-state index contributed by atoms with van der Waals surface area (Å²) in [6, 6.07) is 4.05. The normalized spacial score (nSPS) is 28.8. The first-order chi connectivity index (χ1) is 13.9. The third kappa shape index (κ3) is 4.13. The van der Waals surface area contributed by atoms with Crippen LogP contribution in [0.5, 0.6) is 5.75 Å². The van der Waals surface area contributed by atoms with Crippen LogP contribution in [0.25, 0.3) is 0 Å². The van der Waals surface area contributed by atoms with Gasteiger partial charge in [-0.05, 0) is 58.2 Å². The topological polar surface area (TPSA) is 94.5 Å². The van der Waals surface area contributed by atoms with Gasteiger partial charge in [0.2, 0.25) is 11.8 Å². The van der Waals surface area contributed by atoms with Gasteiger partial charge in [-0.2, -0.15) is 0 Å². The summed E-state index contributed by atoms with van der Waals surface area (Å²) in [5.74, 6) is -0.0457. The molecule has 30 heavy (non-hydrogen) atoms. The summed E-state index contributed by atoms with van der Waals surface area (Å²) in [5.41, 5.74) is -0.248. The van der Waals surface area contributed by atoms with Crippen molar-refractivity contribution >= 4 is 17.8 Å². The number of benzene rings is 1. The van der Waals surface area contributed by atoms with E-state index in [4.69, 9.17) is 10.1 Å². The van der Waals surface area contributed by atoms with Crippen LogP contribution >= 0.6 is 0 Å². The highest BCUT2D eigenvalue weighted by atomic mass is 19.1. The number of hydrogen-bond donors (Lipinski definition) is 3. The number of hydrogen-bond acceptors (Lipinski definition) is 4. The van der Waals surface area contributed by atoms with Crippen molar-refractivity contribution in [3.8, 4) is 5.75 Å². The highest BCUT2D eigenvalue weighted by molar-refractivity contribution is 5.99. The zero-order valence-corrected chi connectivity index (χ0v) is 17.8. The third-order valence-electron chi connectivity index (χ3n) is 6.04. The van der Waals surface area contributed by atoms with Crippen molar-refractivity contribution in [2.75, 3.05) is 6.54 Å². The largest absolute Gasteiger partial charge is 0.487 e. The van der Waals surface area contributed by atoms with Gasteiger partial charge in [0.05, 0.1) is 6.04 Å². The number of amides is 2. The number of nitrogens with zero attached hydrogens (tertiary/aromatic N) is 1. The lowest BCUT2D eigenvalue weighted by Crippen LogP contribution is -2.60. The van der Waals surface area contributed by atoms with E-state index in [-0.39, 0.29) is 41.5 Å².